The number of hydrogen-bond donors (Lipinski definition) is 3. The number of carbonyl (C=O) groups is 4. The second-order valence-electron chi connectivity index (χ2n) is 9.22. The molecular weight excluding hydrogens is 482 g/mol. The fraction of sp³-hybridized carbons (Fsp3) is 0.650. The molecule has 11 nitrogen and oxygen atoms in total. The van der Waals surface area contributed by atoms with Crippen LogP contribution >= 0.6 is 15.9 Å². The van der Waals surface area contributed by atoms with E-state index in [1.54, 1.807) is 17.7 Å². The van der Waals surface area contributed by atoms with Gasteiger partial charge in [-0.2, -0.15) is 5.10 Å². The van der Waals surface area contributed by atoms with Gasteiger partial charge in [0.1, 0.15) is 22.5 Å². The van der Waals surface area contributed by atoms with Gasteiger partial charge in [0.25, 0.3) is 0 Å². The van der Waals surface area contributed by atoms with Crippen LogP contribution in [0.15, 0.2) is 10.7 Å². The van der Waals surface area contributed by atoms with Crippen molar-refractivity contribution in [2.75, 3.05) is 18.9 Å². The van der Waals surface area contributed by atoms with Crippen LogP contribution in [0.1, 0.15) is 33.6 Å². The summed E-state index contributed by atoms with van der Waals surface area (Å²) in [6.07, 6.45) is 0.460. The fourth-order valence-electron chi connectivity index (χ4n) is 4.50. The van der Waals surface area contributed by atoms with Crippen LogP contribution in [0.25, 0.3) is 0 Å². The van der Waals surface area contributed by atoms with Crippen LogP contribution in [0.2, 0.25) is 0 Å². The van der Waals surface area contributed by atoms with Crippen LogP contribution in [-0.4, -0.2) is 74.9 Å². The molecule has 32 heavy (non-hydrogen) atoms. The predicted molar refractivity (Wildman–Crippen MR) is 120 cm³/mol. The average molecular weight is 512 g/mol. The minimum Gasteiger partial charge on any atom is -0.368 e. The monoisotopic (exact) mass is 511 g/mol. The third-order valence-corrected chi connectivity index (χ3v) is 6.54. The number of aromatic nitrogens is 2. The molecule has 0 unspecified atom stereocenters. The van der Waals surface area contributed by atoms with Gasteiger partial charge in [0.05, 0.1) is 18.0 Å². The number of carbonyl (C=O) groups excluding carboxylic acids is 4. The Bertz CT molecular complexity index is 946. The van der Waals surface area contributed by atoms with Gasteiger partial charge >= 0.3 is 0 Å². The van der Waals surface area contributed by atoms with E-state index in [4.69, 9.17) is 11.5 Å². The average Bonchev–Trinajstić information content (AvgIpc) is 3.25. The van der Waals surface area contributed by atoms with Crippen molar-refractivity contribution in [2.45, 2.75) is 58.3 Å². The largest absolute Gasteiger partial charge is 0.368 e. The molecule has 3 rings (SSSR count). The Hall–Kier alpha value is -2.47. The van der Waals surface area contributed by atoms with E-state index < -0.39 is 35.4 Å². The molecule has 1 aromatic heterocycles. The van der Waals surface area contributed by atoms with Crippen molar-refractivity contribution in [1.29, 1.82) is 0 Å². The second kappa shape index (κ2) is 8.81. The number of fused-ring (bicyclic) bond motifs is 1. The minimum atomic E-state index is -1.06. The highest BCUT2D eigenvalue weighted by molar-refractivity contribution is 9.10. The van der Waals surface area contributed by atoms with Gasteiger partial charge in [-0.05, 0) is 41.6 Å². The first-order chi connectivity index (χ1) is 14.9. The topological polar surface area (TPSA) is 157 Å². The van der Waals surface area contributed by atoms with E-state index in [0.29, 0.717) is 16.8 Å². The smallest absolute Gasteiger partial charge is 0.246 e. The van der Waals surface area contributed by atoms with Crippen molar-refractivity contribution in [3.63, 3.8) is 0 Å². The SMILES string of the molecule is CC(C)C[C@@H](C(=O)N1C[C@]2(C[C@H]1C(N)=O)Cn1nc(Br)cc1NC2=O)N(C)C(=O)[C@H](C)N. The van der Waals surface area contributed by atoms with E-state index in [1.165, 1.54) is 16.8 Å². The number of likely N-dealkylation sites (N-methyl/N-ethyl adjacent to an activating group) is 1. The van der Waals surface area contributed by atoms with E-state index in [-0.39, 0.29) is 37.2 Å². The van der Waals surface area contributed by atoms with E-state index in [2.05, 4.69) is 26.3 Å². The number of rotatable bonds is 6. The van der Waals surface area contributed by atoms with Crippen LogP contribution in [0.5, 0.6) is 0 Å². The molecule has 2 aliphatic heterocycles. The van der Waals surface area contributed by atoms with Gasteiger partial charge in [-0.3, -0.25) is 19.2 Å². The molecule has 12 heteroatoms. The maximum Gasteiger partial charge on any atom is 0.246 e. The molecule has 4 amide bonds. The molecule has 2 aliphatic rings. The molecule has 1 spiro atoms. The molecule has 5 N–H and O–H groups in total. The summed E-state index contributed by atoms with van der Waals surface area (Å²) in [7, 11) is 1.53. The number of nitrogens with two attached hydrogens (primary N) is 2. The quantitative estimate of drug-likeness (QED) is 0.483. The van der Waals surface area contributed by atoms with Gasteiger partial charge in [-0.15, -0.1) is 0 Å². The maximum atomic E-state index is 13.7. The molecule has 0 saturated carbocycles. The highest BCUT2D eigenvalue weighted by Crippen LogP contribution is 2.41. The van der Waals surface area contributed by atoms with Crippen LogP contribution < -0.4 is 16.8 Å². The Labute approximate surface area is 194 Å². The van der Waals surface area contributed by atoms with Crippen LogP contribution in [0.3, 0.4) is 0 Å². The Morgan fingerprint density at radius 1 is 1.34 bits per heavy atom. The number of likely N-dealkylation sites (tertiary alicyclic amines) is 1. The van der Waals surface area contributed by atoms with E-state index in [1.807, 2.05) is 13.8 Å². The Morgan fingerprint density at radius 3 is 2.56 bits per heavy atom. The number of nitrogens with zero attached hydrogens (tertiary/aromatic N) is 4. The molecule has 3 heterocycles. The van der Waals surface area contributed by atoms with Crippen LogP contribution in [0, 0.1) is 11.3 Å². The second-order valence-corrected chi connectivity index (χ2v) is 10.0. The summed E-state index contributed by atoms with van der Waals surface area (Å²) in [4.78, 5) is 54.3. The van der Waals surface area contributed by atoms with Crippen molar-refractivity contribution in [3.05, 3.63) is 10.7 Å². The van der Waals surface area contributed by atoms with Gasteiger partial charge in [0.2, 0.25) is 23.6 Å². The van der Waals surface area contributed by atoms with Crippen molar-refractivity contribution < 1.29 is 19.2 Å². The molecule has 1 aromatic rings. The number of halogens is 1. The van der Waals surface area contributed by atoms with Crippen molar-refractivity contribution in [3.8, 4) is 0 Å². The van der Waals surface area contributed by atoms with E-state index >= 15 is 0 Å². The zero-order valence-corrected chi connectivity index (χ0v) is 20.3. The van der Waals surface area contributed by atoms with E-state index in [9.17, 15) is 19.2 Å². The lowest BCUT2D eigenvalue weighted by Gasteiger charge is -2.35. The van der Waals surface area contributed by atoms with Gasteiger partial charge in [-0.1, -0.05) is 13.8 Å². The van der Waals surface area contributed by atoms with Gasteiger partial charge in [0.15, 0.2) is 0 Å². The standard InChI is InChI=1S/C20H30BrN7O4/c1-10(2)5-12(26(4)17(30)11(3)22)18(31)27-8-20(7-13(27)16(23)29)9-28-15(24-19(20)32)6-14(21)25-28/h6,10-13H,5,7-9,22H2,1-4H3,(H2,23,29)(H,24,32)/t11-,12-,13-,20+/m0/s1. The molecule has 0 aliphatic carbocycles. The van der Waals surface area contributed by atoms with Crippen LogP contribution in [-0.2, 0) is 25.7 Å². The third-order valence-electron chi connectivity index (χ3n) is 6.16. The predicted octanol–water partition coefficient (Wildman–Crippen LogP) is -0.109. The highest BCUT2D eigenvalue weighted by atomic mass is 79.9. The summed E-state index contributed by atoms with van der Waals surface area (Å²) in [6.45, 7) is 5.63. The summed E-state index contributed by atoms with van der Waals surface area (Å²) >= 11 is 3.29. The fourth-order valence-corrected chi connectivity index (χ4v) is 4.91. The normalized spacial score (nSPS) is 24.3. The summed E-state index contributed by atoms with van der Waals surface area (Å²) in [6, 6.07) is -0.893. The molecular formula is C20H30BrN7O4. The first-order valence-electron chi connectivity index (χ1n) is 10.5. The Kier molecular flexibility index (Phi) is 6.66. The number of amides is 4. The summed E-state index contributed by atoms with van der Waals surface area (Å²) in [5.74, 6) is -1.16. The molecule has 4 atom stereocenters. The lowest BCUT2D eigenvalue weighted by Crippen LogP contribution is -2.56. The minimum absolute atomic E-state index is 0.00298. The molecule has 1 saturated heterocycles. The summed E-state index contributed by atoms with van der Waals surface area (Å²) < 4.78 is 2.20. The van der Waals surface area contributed by atoms with Crippen molar-refractivity contribution in [2.24, 2.45) is 22.8 Å². The number of primary amides is 1. The zero-order valence-electron chi connectivity index (χ0n) is 18.7. The summed E-state index contributed by atoms with van der Waals surface area (Å²) in [5.41, 5.74) is 10.4. The molecule has 0 bridgehead atoms. The first kappa shape index (κ1) is 24.2. The van der Waals surface area contributed by atoms with Gasteiger partial charge in [0, 0.05) is 19.7 Å². The van der Waals surface area contributed by atoms with Gasteiger partial charge in [-0.25, -0.2) is 4.68 Å². The van der Waals surface area contributed by atoms with Crippen molar-refractivity contribution in [1.82, 2.24) is 19.6 Å². The number of hydrogen-bond acceptors (Lipinski definition) is 6. The molecule has 176 valence electrons. The van der Waals surface area contributed by atoms with Crippen LogP contribution in [0.4, 0.5) is 5.82 Å². The third kappa shape index (κ3) is 4.38. The van der Waals surface area contributed by atoms with Gasteiger partial charge < -0.3 is 26.6 Å². The zero-order chi connectivity index (χ0) is 24.0. The highest BCUT2D eigenvalue weighted by Gasteiger charge is 2.55. The number of nitrogens with one attached hydrogen (secondary N) is 1. The molecule has 1 fully saturated rings. The molecule has 0 radical (unpaired) electrons. The maximum absolute atomic E-state index is 13.7. The van der Waals surface area contributed by atoms with Crippen molar-refractivity contribution >= 4 is 45.4 Å². The first-order valence-corrected chi connectivity index (χ1v) is 11.3. The number of anilines is 1. The lowest BCUT2D eigenvalue weighted by molar-refractivity contribution is -0.148. The Balaban J connectivity index is 1.94. The van der Waals surface area contributed by atoms with E-state index in [0.717, 1.165) is 0 Å². The summed E-state index contributed by atoms with van der Waals surface area (Å²) in [5, 5.41) is 7.13. The molecule has 0 aromatic carbocycles. The lowest BCUT2D eigenvalue weighted by atomic mass is 9.83. The Morgan fingerprint density at radius 2 is 2.00 bits per heavy atom.